The summed E-state index contributed by atoms with van der Waals surface area (Å²) < 4.78 is 0. The summed E-state index contributed by atoms with van der Waals surface area (Å²) in [6.45, 7) is 2.62. The van der Waals surface area contributed by atoms with Crippen molar-refractivity contribution in [2.75, 3.05) is 17.2 Å². The molecule has 3 nitrogen and oxygen atoms in total. The van der Waals surface area contributed by atoms with Crippen molar-refractivity contribution in [3.05, 3.63) is 23.8 Å². The lowest BCUT2D eigenvalue weighted by atomic mass is 10.2. The van der Waals surface area contributed by atoms with Gasteiger partial charge in [-0.15, -0.1) is 11.8 Å². The average molecular weight is 221 g/mol. The highest BCUT2D eigenvalue weighted by molar-refractivity contribution is 8.00. The molecule has 1 aliphatic rings. The standard InChI is InChI=1S/C11H11NO2S/c1-2-12-9-4-3-8(6-13)5-10(9)15-7-11(12)14/h3-6H,2,7H2,1H3. The zero-order chi connectivity index (χ0) is 10.8. The normalized spacial score (nSPS) is 15.0. The lowest BCUT2D eigenvalue weighted by Gasteiger charge is -2.27. The van der Waals surface area contributed by atoms with Gasteiger partial charge in [0.15, 0.2) is 0 Å². The van der Waals surface area contributed by atoms with Gasteiger partial charge in [0.1, 0.15) is 6.29 Å². The first-order valence-electron chi connectivity index (χ1n) is 4.78. The van der Waals surface area contributed by atoms with Crippen LogP contribution in [0.25, 0.3) is 0 Å². The third kappa shape index (κ3) is 1.77. The third-order valence-corrected chi connectivity index (χ3v) is 3.41. The van der Waals surface area contributed by atoms with Crippen LogP contribution in [0.5, 0.6) is 0 Å². The Bertz CT molecular complexity index is 417. The monoisotopic (exact) mass is 221 g/mol. The molecular weight excluding hydrogens is 210 g/mol. The van der Waals surface area contributed by atoms with Crippen LogP contribution in [0.2, 0.25) is 0 Å². The number of thioether (sulfide) groups is 1. The number of benzene rings is 1. The lowest BCUT2D eigenvalue weighted by molar-refractivity contribution is -0.116. The van der Waals surface area contributed by atoms with E-state index in [0.717, 1.165) is 16.9 Å². The van der Waals surface area contributed by atoms with Crippen LogP contribution in [0.3, 0.4) is 0 Å². The van der Waals surface area contributed by atoms with Gasteiger partial charge in [0.2, 0.25) is 5.91 Å². The Kier molecular flexibility index (Phi) is 2.77. The SMILES string of the molecule is CCN1C(=O)CSc2cc(C=O)ccc21. The summed E-state index contributed by atoms with van der Waals surface area (Å²) in [6, 6.07) is 5.42. The van der Waals surface area contributed by atoms with Gasteiger partial charge in [0, 0.05) is 17.0 Å². The molecule has 2 rings (SSSR count). The number of fused-ring (bicyclic) bond motifs is 1. The Morgan fingerprint density at radius 1 is 1.53 bits per heavy atom. The van der Waals surface area contributed by atoms with Gasteiger partial charge >= 0.3 is 0 Å². The number of nitrogens with zero attached hydrogens (tertiary/aromatic N) is 1. The minimum absolute atomic E-state index is 0.133. The van der Waals surface area contributed by atoms with E-state index in [1.807, 2.05) is 19.1 Å². The highest BCUT2D eigenvalue weighted by atomic mass is 32.2. The van der Waals surface area contributed by atoms with E-state index >= 15 is 0 Å². The van der Waals surface area contributed by atoms with Gasteiger partial charge in [-0.05, 0) is 25.1 Å². The molecule has 0 N–H and O–H groups in total. The first-order chi connectivity index (χ1) is 7.26. The fourth-order valence-electron chi connectivity index (χ4n) is 1.64. The number of carbonyl (C=O) groups excluding carboxylic acids is 2. The van der Waals surface area contributed by atoms with E-state index in [1.165, 1.54) is 11.8 Å². The Labute approximate surface area is 92.5 Å². The molecule has 0 spiro atoms. The molecular formula is C11H11NO2S. The zero-order valence-corrected chi connectivity index (χ0v) is 9.21. The molecule has 0 radical (unpaired) electrons. The molecule has 4 heteroatoms. The summed E-state index contributed by atoms with van der Waals surface area (Å²) in [6.07, 6.45) is 0.827. The van der Waals surface area contributed by atoms with Crippen LogP contribution < -0.4 is 4.90 Å². The van der Waals surface area contributed by atoms with Gasteiger partial charge in [0.25, 0.3) is 0 Å². The molecule has 0 aliphatic carbocycles. The number of amides is 1. The maximum Gasteiger partial charge on any atom is 0.237 e. The van der Waals surface area contributed by atoms with Crippen LogP contribution in [0.1, 0.15) is 17.3 Å². The van der Waals surface area contributed by atoms with Crippen LogP contribution in [0.15, 0.2) is 23.1 Å². The van der Waals surface area contributed by atoms with E-state index in [0.29, 0.717) is 17.9 Å². The molecule has 78 valence electrons. The van der Waals surface area contributed by atoms with Gasteiger partial charge in [0.05, 0.1) is 11.4 Å². The first-order valence-corrected chi connectivity index (χ1v) is 5.77. The molecule has 0 unspecified atom stereocenters. The number of carbonyl (C=O) groups is 2. The maximum atomic E-state index is 11.6. The molecule has 0 saturated heterocycles. The van der Waals surface area contributed by atoms with E-state index < -0.39 is 0 Å². The van der Waals surface area contributed by atoms with E-state index in [4.69, 9.17) is 0 Å². The quantitative estimate of drug-likeness (QED) is 0.716. The van der Waals surface area contributed by atoms with Gasteiger partial charge in [-0.3, -0.25) is 9.59 Å². The van der Waals surface area contributed by atoms with E-state index in [2.05, 4.69) is 0 Å². The second-order valence-corrected chi connectivity index (χ2v) is 4.29. The lowest BCUT2D eigenvalue weighted by Crippen LogP contribution is -2.35. The number of rotatable bonds is 2. The fourth-order valence-corrected chi connectivity index (χ4v) is 2.62. The smallest absolute Gasteiger partial charge is 0.237 e. The van der Waals surface area contributed by atoms with E-state index in [1.54, 1.807) is 11.0 Å². The molecule has 1 amide bonds. The molecule has 1 aliphatic heterocycles. The maximum absolute atomic E-state index is 11.6. The van der Waals surface area contributed by atoms with Crippen molar-refractivity contribution >= 4 is 29.6 Å². The fraction of sp³-hybridized carbons (Fsp3) is 0.273. The molecule has 1 aromatic carbocycles. The topological polar surface area (TPSA) is 37.4 Å². The predicted octanol–water partition coefficient (Wildman–Crippen LogP) is 1.96. The van der Waals surface area contributed by atoms with Gasteiger partial charge in [-0.2, -0.15) is 0 Å². The highest BCUT2D eigenvalue weighted by Gasteiger charge is 2.23. The Hall–Kier alpha value is -1.29. The zero-order valence-electron chi connectivity index (χ0n) is 8.40. The summed E-state index contributed by atoms with van der Waals surface area (Å²) in [4.78, 5) is 25.0. The Balaban J connectivity index is 2.46. The predicted molar refractivity (Wildman–Crippen MR) is 60.6 cm³/mol. The van der Waals surface area contributed by atoms with Crippen LogP contribution in [-0.4, -0.2) is 24.5 Å². The molecule has 1 aromatic rings. The van der Waals surface area contributed by atoms with Crippen molar-refractivity contribution in [1.29, 1.82) is 0 Å². The molecule has 0 aromatic heterocycles. The minimum Gasteiger partial charge on any atom is -0.311 e. The van der Waals surface area contributed by atoms with Crippen molar-refractivity contribution in [3.63, 3.8) is 0 Å². The van der Waals surface area contributed by atoms with Crippen molar-refractivity contribution in [1.82, 2.24) is 0 Å². The first kappa shape index (κ1) is 10.2. The van der Waals surface area contributed by atoms with Crippen LogP contribution >= 0.6 is 11.8 Å². The average Bonchev–Trinajstić information content (AvgIpc) is 2.28. The molecule has 1 heterocycles. The van der Waals surface area contributed by atoms with Crippen LogP contribution in [0.4, 0.5) is 5.69 Å². The van der Waals surface area contributed by atoms with E-state index in [9.17, 15) is 9.59 Å². The highest BCUT2D eigenvalue weighted by Crippen LogP contribution is 2.35. The van der Waals surface area contributed by atoms with Crippen molar-refractivity contribution in [2.45, 2.75) is 11.8 Å². The molecule has 0 atom stereocenters. The number of anilines is 1. The van der Waals surface area contributed by atoms with Crippen molar-refractivity contribution < 1.29 is 9.59 Å². The van der Waals surface area contributed by atoms with Gasteiger partial charge in [-0.1, -0.05) is 0 Å². The molecule has 0 bridgehead atoms. The molecule has 0 fully saturated rings. The number of aldehydes is 1. The molecule has 15 heavy (non-hydrogen) atoms. The van der Waals surface area contributed by atoms with E-state index in [-0.39, 0.29) is 5.91 Å². The largest absolute Gasteiger partial charge is 0.311 e. The van der Waals surface area contributed by atoms with Crippen LogP contribution in [0, 0.1) is 0 Å². The number of hydrogen-bond donors (Lipinski definition) is 0. The molecule has 0 saturated carbocycles. The van der Waals surface area contributed by atoms with Gasteiger partial charge in [-0.25, -0.2) is 0 Å². The number of hydrogen-bond acceptors (Lipinski definition) is 3. The Morgan fingerprint density at radius 2 is 2.33 bits per heavy atom. The summed E-state index contributed by atoms with van der Waals surface area (Å²) in [5, 5.41) is 0. The van der Waals surface area contributed by atoms with Crippen LogP contribution in [-0.2, 0) is 4.79 Å². The third-order valence-electron chi connectivity index (χ3n) is 2.38. The summed E-state index contributed by atoms with van der Waals surface area (Å²) in [7, 11) is 0. The van der Waals surface area contributed by atoms with Crippen molar-refractivity contribution in [3.8, 4) is 0 Å². The summed E-state index contributed by atoms with van der Waals surface area (Å²) >= 11 is 1.50. The van der Waals surface area contributed by atoms with Gasteiger partial charge < -0.3 is 4.90 Å². The second-order valence-electron chi connectivity index (χ2n) is 3.27. The minimum atomic E-state index is 0.133. The summed E-state index contributed by atoms with van der Waals surface area (Å²) in [5.74, 6) is 0.595. The summed E-state index contributed by atoms with van der Waals surface area (Å²) in [5.41, 5.74) is 1.58. The van der Waals surface area contributed by atoms with Crippen molar-refractivity contribution in [2.24, 2.45) is 0 Å². The second kappa shape index (κ2) is 4.06. The Morgan fingerprint density at radius 3 is 3.00 bits per heavy atom.